The van der Waals surface area contributed by atoms with Gasteiger partial charge in [0.25, 0.3) is 0 Å². The van der Waals surface area contributed by atoms with Crippen LogP contribution in [-0.2, 0) is 11.0 Å². The van der Waals surface area contributed by atoms with Crippen molar-refractivity contribution in [2.75, 3.05) is 44.2 Å². The van der Waals surface area contributed by atoms with Crippen LogP contribution >= 0.6 is 11.6 Å². The Morgan fingerprint density at radius 3 is 2.54 bits per heavy atom. The molecular weight excluding hydrogens is 345 g/mol. The third kappa shape index (κ3) is 3.59. The summed E-state index contributed by atoms with van der Waals surface area (Å²) in [5, 5.41) is 3.15. The molecule has 2 aliphatic rings. The van der Waals surface area contributed by atoms with E-state index in [0.29, 0.717) is 38.5 Å². The number of pyridine rings is 1. The van der Waals surface area contributed by atoms with Gasteiger partial charge in [-0.1, -0.05) is 11.6 Å². The van der Waals surface area contributed by atoms with E-state index in [2.05, 4.69) is 10.3 Å². The molecule has 3 heterocycles. The number of hydrogen-bond donors (Lipinski definition) is 1. The van der Waals surface area contributed by atoms with Gasteiger partial charge in [0, 0.05) is 38.9 Å². The molecule has 9 heteroatoms. The molecule has 3 rings (SSSR count). The van der Waals surface area contributed by atoms with Crippen LogP contribution < -0.4 is 10.2 Å². The summed E-state index contributed by atoms with van der Waals surface area (Å²) in [7, 11) is 0. The van der Waals surface area contributed by atoms with E-state index in [0.717, 1.165) is 25.2 Å². The molecule has 0 aliphatic carbocycles. The van der Waals surface area contributed by atoms with Crippen molar-refractivity contribution in [2.45, 2.75) is 12.6 Å². The maximum atomic E-state index is 12.7. The van der Waals surface area contributed by atoms with Gasteiger partial charge in [-0.25, -0.2) is 4.98 Å². The van der Waals surface area contributed by atoms with Crippen molar-refractivity contribution in [3.8, 4) is 0 Å². The van der Waals surface area contributed by atoms with E-state index in [1.807, 2.05) is 9.80 Å². The molecule has 0 saturated carbocycles. The van der Waals surface area contributed by atoms with Crippen LogP contribution in [0.1, 0.15) is 12.0 Å². The predicted molar refractivity (Wildman–Crippen MR) is 84.0 cm³/mol. The highest BCUT2D eigenvalue weighted by Gasteiger charge is 2.33. The third-order valence-electron chi connectivity index (χ3n) is 4.45. The lowest BCUT2D eigenvalue weighted by atomic mass is 10.1. The van der Waals surface area contributed by atoms with Crippen molar-refractivity contribution in [1.82, 2.24) is 15.2 Å². The van der Waals surface area contributed by atoms with Gasteiger partial charge in [0.1, 0.15) is 5.82 Å². The number of nitrogens with zero attached hydrogens (tertiary/aromatic N) is 3. The van der Waals surface area contributed by atoms with E-state index >= 15 is 0 Å². The van der Waals surface area contributed by atoms with E-state index in [1.165, 1.54) is 0 Å². The van der Waals surface area contributed by atoms with Crippen molar-refractivity contribution in [3.05, 3.63) is 22.8 Å². The topological polar surface area (TPSA) is 48.5 Å². The van der Waals surface area contributed by atoms with Crippen LogP contribution in [-0.4, -0.2) is 55.1 Å². The molecule has 0 aromatic carbocycles. The number of carbonyl (C=O) groups is 1. The van der Waals surface area contributed by atoms with Crippen molar-refractivity contribution >= 4 is 23.3 Å². The van der Waals surface area contributed by atoms with Crippen molar-refractivity contribution in [1.29, 1.82) is 0 Å². The zero-order chi connectivity index (χ0) is 17.3. The summed E-state index contributed by atoms with van der Waals surface area (Å²) in [6.45, 7) is 3.63. The van der Waals surface area contributed by atoms with Gasteiger partial charge >= 0.3 is 6.18 Å². The summed E-state index contributed by atoms with van der Waals surface area (Å²) >= 11 is 5.98. The first-order valence-electron chi connectivity index (χ1n) is 7.83. The van der Waals surface area contributed by atoms with Crippen molar-refractivity contribution in [2.24, 2.45) is 5.92 Å². The molecule has 132 valence electrons. The fourth-order valence-corrected chi connectivity index (χ4v) is 3.37. The number of nitrogens with one attached hydrogen (secondary N) is 1. The fourth-order valence-electron chi connectivity index (χ4n) is 3.08. The number of halogens is 4. The van der Waals surface area contributed by atoms with E-state index in [1.54, 1.807) is 0 Å². The number of piperazine rings is 1. The molecule has 0 radical (unpaired) electrons. The fraction of sp³-hybridized carbons (Fsp3) is 0.600. The molecule has 2 saturated heterocycles. The van der Waals surface area contributed by atoms with E-state index in [-0.39, 0.29) is 16.8 Å². The Kier molecular flexibility index (Phi) is 4.87. The molecule has 2 fully saturated rings. The van der Waals surface area contributed by atoms with Crippen LogP contribution in [0.2, 0.25) is 5.02 Å². The Labute approximate surface area is 142 Å². The quantitative estimate of drug-likeness (QED) is 0.874. The van der Waals surface area contributed by atoms with Crippen LogP contribution in [0.5, 0.6) is 0 Å². The summed E-state index contributed by atoms with van der Waals surface area (Å²) in [6.07, 6.45) is -2.82. The lowest BCUT2D eigenvalue weighted by Gasteiger charge is -2.36. The largest absolute Gasteiger partial charge is 0.417 e. The number of carbonyl (C=O) groups excluding carboxylic acids is 1. The second-order valence-electron chi connectivity index (χ2n) is 6.03. The highest BCUT2D eigenvalue weighted by molar-refractivity contribution is 6.33. The molecule has 0 bridgehead atoms. The smallest absolute Gasteiger partial charge is 0.352 e. The molecule has 0 spiro atoms. The highest BCUT2D eigenvalue weighted by atomic mass is 35.5. The molecular formula is C15H18ClF3N4O. The van der Waals surface area contributed by atoms with Crippen LogP contribution in [0.15, 0.2) is 12.3 Å². The zero-order valence-corrected chi connectivity index (χ0v) is 13.7. The molecule has 0 unspecified atom stereocenters. The summed E-state index contributed by atoms with van der Waals surface area (Å²) in [6, 6.07) is 0.894. The Hall–Kier alpha value is -1.54. The second kappa shape index (κ2) is 6.76. The Morgan fingerprint density at radius 1 is 1.29 bits per heavy atom. The maximum Gasteiger partial charge on any atom is 0.417 e. The molecule has 2 aliphatic heterocycles. The Morgan fingerprint density at radius 2 is 2.00 bits per heavy atom. The first-order chi connectivity index (χ1) is 11.4. The first kappa shape index (κ1) is 17.3. The third-order valence-corrected chi connectivity index (χ3v) is 4.73. The van der Waals surface area contributed by atoms with Crippen molar-refractivity contribution in [3.63, 3.8) is 0 Å². The van der Waals surface area contributed by atoms with Gasteiger partial charge in [0.05, 0.1) is 16.5 Å². The minimum absolute atomic E-state index is 0.0235. The van der Waals surface area contributed by atoms with Gasteiger partial charge in [0.2, 0.25) is 5.91 Å². The minimum Gasteiger partial charge on any atom is -0.352 e. The summed E-state index contributed by atoms with van der Waals surface area (Å²) < 4.78 is 38.0. The number of anilines is 1. The molecule has 1 aromatic rings. The molecule has 1 N–H and O–H groups in total. The summed E-state index contributed by atoms with van der Waals surface area (Å²) in [4.78, 5) is 19.9. The number of hydrogen-bond acceptors (Lipinski definition) is 4. The number of aromatic nitrogens is 1. The first-order valence-corrected chi connectivity index (χ1v) is 8.21. The predicted octanol–water partition coefficient (Wildman–Crippen LogP) is 2.01. The average Bonchev–Trinajstić information content (AvgIpc) is 3.08. The molecule has 24 heavy (non-hydrogen) atoms. The van der Waals surface area contributed by atoms with E-state index in [4.69, 9.17) is 11.6 Å². The van der Waals surface area contributed by atoms with Crippen LogP contribution in [0.25, 0.3) is 0 Å². The lowest BCUT2D eigenvalue weighted by molar-refractivity contribution is -0.138. The van der Waals surface area contributed by atoms with Crippen LogP contribution in [0, 0.1) is 5.92 Å². The lowest BCUT2D eigenvalue weighted by Crippen LogP contribution is -2.51. The minimum atomic E-state index is -4.46. The monoisotopic (exact) mass is 362 g/mol. The van der Waals surface area contributed by atoms with Gasteiger partial charge in [-0.05, 0) is 19.0 Å². The van der Waals surface area contributed by atoms with Crippen LogP contribution in [0.3, 0.4) is 0 Å². The number of rotatable bonds is 2. The summed E-state index contributed by atoms with van der Waals surface area (Å²) in [5.41, 5.74) is -0.862. The SMILES string of the molecule is O=C([C@H]1CCNC1)N1CCN(c2ncc(C(F)(F)F)cc2Cl)CC1. The van der Waals surface area contributed by atoms with Gasteiger partial charge in [-0.3, -0.25) is 4.79 Å². The normalized spacial score (nSPS) is 22.1. The van der Waals surface area contributed by atoms with Gasteiger partial charge in [-0.2, -0.15) is 13.2 Å². The molecule has 1 aromatic heterocycles. The highest BCUT2D eigenvalue weighted by Crippen LogP contribution is 2.33. The van der Waals surface area contributed by atoms with E-state index in [9.17, 15) is 18.0 Å². The molecule has 1 amide bonds. The standard InChI is InChI=1S/C15H18ClF3N4O/c16-12-7-11(15(17,18)19)9-21-13(12)22-3-5-23(6-4-22)14(24)10-1-2-20-8-10/h7,9-10,20H,1-6,8H2/t10-/m0/s1. The Bertz CT molecular complexity index is 611. The number of alkyl halides is 3. The molecule has 1 atom stereocenters. The van der Waals surface area contributed by atoms with Gasteiger partial charge in [-0.15, -0.1) is 0 Å². The van der Waals surface area contributed by atoms with E-state index < -0.39 is 11.7 Å². The zero-order valence-electron chi connectivity index (χ0n) is 12.9. The second-order valence-corrected chi connectivity index (χ2v) is 6.44. The maximum absolute atomic E-state index is 12.7. The van der Waals surface area contributed by atoms with Gasteiger partial charge < -0.3 is 15.1 Å². The van der Waals surface area contributed by atoms with Crippen LogP contribution in [0.4, 0.5) is 19.0 Å². The average molecular weight is 363 g/mol. The number of amides is 1. The Balaban J connectivity index is 1.63. The summed E-state index contributed by atoms with van der Waals surface area (Å²) in [5.74, 6) is 0.509. The molecule has 5 nitrogen and oxygen atoms in total. The van der Waals surface area contributed by atoms with Crippen molar-refractivity contribution < 1.29 is 18.0 Å². The van der Waals surface area contributed by atoms with Gasteiger partial charge in [0.15, 0.2) is 0 Å².